The highest BCUT2D eigenvalue weighted by atomic mass is 35.5. The molecule has 1 fully saturated rings. The van der Waals surface area contributed by atoms with E-state index in [2.05, 4.69) is 6.07 Å². The van der Waals surface area contributed by atoms with Crippen molar-refractivity contribution in [3.05, 3.63) is 59.1 Å². The molecule has 2 nitrogen and oxygen atoms in total. The molecular formula is C15H13ClO2. The van der Waals surface area contributed by atoms with Crippen molar-refractivity contribution in [1.29, 1.82) is 0 Å². The monoisotopic (exact) mass is 260 g/mol. The van der Waals surface area contributed by atoms with Gasteiger partial charge in [-0.3, -0.25) is 0 Å². The van der Waals surface area contributed by atoms with Gasteiger partial charge in [0, 0.05) is 10.6 Å². The molecule has 3 rings (SSSR count). The Hall–Kier alpha value is -1.35. The molecule has 1 saturated heterocycles. The lowest BCUT2D eigenvalue weighted by Gasteiger charge is -2.14. The summed E-state index contributed by atoms with van der Waals surface area (Å²) in [4.78, 5) is 0. The molecule has 0 bridgehead atoms. The highest BCUT2D eigenvalue weighted by molar-refractivity contribution is 6.30. The minimum atomic E-state index is -0.253. The van der Waals surface area contributed by atoms with E-state index in [4.69, 9.17) is 21.1 Å². The lowest BCUT2D eigenvalue weighted by molar-refractivity contribution is -0.0436. The minimum Gasteiger partial charge on any atom is -0.346 e. The van der Waals surface area contributed by atoms with Crippen LogP contribution in [0.4, 0.5) is 0 Å². The highest BCUT2D eigenvalue weighted by Gasteiger charge is 2.21. The van der Waals surface area contributed by atoms with Crippen LogP contribution in [-0.4, -0.2) is 13.2 Å². The van der Waals surface area contributed by atoms with E-state index in [1.807, 2.05) is 42.5 Å². The standard InChI is InChI=1S/C15H13ClO2/c16-12-7-5-11(6-8-12)13-3-1-2-4-14(13)15-17-9-10-18-15/h1-8,15H,9-10H2. The van der Waals surface area contributed by atoms with Gasteiger partial charge >= 0.3 is 0 Å². The zero-order valence-electron chi connectivity index (χ0n) is 9.80. The quantitative estimate of drug-likeness (QED) is 0.811. The van der Waals surface area contributed by atoms with Crippen molar-refractivity contribution in [2.75, 3.05) is 13.2 Å². The zero-order chi connectivity index (χ0) is 12.4. The maximum atomic E-state index is 5.92. The second-order valence-electron chi connectivity index (χ2n) is 4.17. The summed E-state index contributed by atoms with van der Waals surface area (Å²) in [5.74, 6) is 0. The first-order valence-corrected chi connectivity index (χ1v) is 6.30. The molecule has 18 heavy (non-hydrogen) atoms. The van der Waals surface area contributed by atoms with Crippen LogP contribution < -0.4 is 0 Å². The van der Waals surface area contributed by atoms with Crippen molar-refractivity contribution in [3.63, 3.8) is 0 Å². The molecule has 3 heteroatoms. The molecule has 0 spiro atoms. The molecule has 0 aliphatic carbocycles. The SMILES string of the molecule is Clc1ccc(-c2ccccc2C2OCCO2)cc1. The van der Waals surface area contributed by atoms with Crippen LogP contribution in [-0.2, 0) is 9.47 Å². The molecular weight excluding hydrogens is 248 g/mol. The normalized spacial score (nSPS) is 16.1. The van der Waals surface area contributed by atoms with E-state index in [-0.39, 0.29) is 6.29 Å². The molecule has 2 aromatic carbocycles. The molecule has 0 amide bonds. The molecule has 0 atom stereocenters. The number of ether oxygens (including phenoxy) is 2. The summed E-state index contributed by atoms with van der Waals surface area (Å²) < 4.78 is 11.2. The van der Waals surface area contributed by atoms with Crippen molar-refractivity contribution in [2.24, 2.45) is 0 Å². The fourth-order valence-electron chi connectivity index (χ4n) is 2.13. The predicted molar refractivity (Wildman–Crippen MR) is 71.5 cm³/mol. The van der Waals surface area contributed by atoms with E-state index in [9.17, 15) is 0 Å². The van der Waals surface area contributed by atoms with Crippen LogP contribution in [0.25, 0.3) is 11.1 Å². The lowest BCUT2D eigenvalue weighted by Crippen LogP contribution is -2.00. The Morgan fingerprint density at radius 2 is 1.56 bits per heavy atom. The number of benzene rings is 2. The van der Waals surface area contributed by atoms with Gasteiger partial charge in [-0.1, -0.05) is 48.0 Å². The molecule has 0 saturated carbocycles. The van der Waals surface area contributed by atoms with Gasteiger partial charge in [-0.25, -0.2) is 0 Å². The average molecular weight is 261 g/mol. The number of rotatable bonds is 2. The highest BCUT2D eigenvalue weighted by Crippen LogP contribution is 2.33. The third-order valence-electron chi connectivity index (χ3n) is 2.99. The van der Waals surface area contributed by atoms with Crippen LogP contribution in [0.2, 0.25) is 5.02 Å². The Morgan fingerprint density at radius 3 is 2.28 bits per heavy atom. The van der Waals surface area contributed by atoms with Gasteiger partial charge in [0.2, 0.25) is 0 Å². The van der Waals surface area contributed by atoms with Gasteiger partial charge in [0.05, 0.1) is 13.2 Å². The summed E-state index contributed by atoms with van der Waals surface area (Å²) in [6, 6.07) is 15.9. The van der Waals surface area contributed by atoms with Gasteiger partial charge in [0.15, 0.2) is 6.29 Å². The fraction of sp³-hybridized carbons (Fsp3) is 0.200. The summed E-state index contributed by atoms with van der Waals surface area (Å²) in [6.45, 7) is 1.30. The average Bonchev–Trinajstić information content (AvgIpc) is 2.93. The Labute approximate surface area is 111 Å². The third-order valence-corrected chi connectivity index (χ3v) is 3.24. The van der Waals surface area contributed by atoms with E-state index in [0.29, 0.717) is 13.2 Å². The fourth-order valence-corrected chi connectivity index (χ4v) is 2.26. The van der Waals surface area contributed by atoms with Gasteiger partial charge in [0.1, 0.15) is 0 Å². The lowest BCUT2D eigenvalue weighted by atomic mass is 9.99. The molecule has 2 aromatic rings. The second kappa shape index (κ2) is 5.11. The summed E-state index contributed by atoms with van der Waals surface area (Å²) >= 11 is 5.92. The smallest absolute Gasteiger partial charge is 0.184 e. The second-order valence-corrected chi connectivity index (χ2v) is 4.60. The molecule has 0 aromatic heterocycles. The molecule has 0 unspecified atom stereocenters. The summed E-state index contributed by atoms with van der Waals surface area (Å²) in [7, 11) is 0. The van der Waals surface area contributed by atoms with E-state index in [1.54, 1.807) is 0 Å². The van der Waals surface area contributed by atoms with Gasteiger partial charge in [-0.05, 0) is 23.3 Å². The van der Waals surface area contributed by atoms with Gasteiger partial charge in [-0.15, -0.1) is 0 Å². The first-order chi connectivity index (χ1) is 8.84. The Balaban J connectivity index is 2.03. The molecule has 92 valence electrons. The van der Waals surface area contributed by atoms with Crippen LogP contribution in [0.5, 0.6) is 0 Å². The minimum absolute atomic E-state index is 0.253. The third kappa shape index (κ3) is 2.27. The van der Waals surface area contributed by atoms with Crippen molar-refractivity contribution in [2.45, 2.75) is 6.29 Å². The van der Waals surface area contributed by atoms with Gasteiger partial charge in [0.25, 0.3) is 0 Å². The Morgan fingerprint density at radius 1 is 0.889 bits per heavy atom. The van der Waals surface area contributed by atoms with Crippen LogP contribution in [0.3, 0.4) is 0 Å². The van der Waals surface area contributed by atoms with Crippen molar-refractivity contribution in [3.8, 4) is 11.1 Å². The van der Waals surface area contributed by atoms with Crippen LogP contribution in [0.15, 0.2) is 48.5 Å². The Kier molecular flexibility index (Phi) is 3.33. The number of hydrogen-bond acceptors (Lipinski definition) is 2. The van der Waals surface area contributed by atoms with Gasteiger partial charge < -0.3 is 9.47 Å². The molecule has 1 heterocycles. The van der Waals surface area contributed by atoms with E-state index < -0.39 is 0 Å². The van der Waals surface area contributed by atoms with Crippen LogP contribution >= 0.6 is 11.6 Å². The summed E-state index contributed by atoms with van der Waals surface area (Å²) in [5, 5.41) is 0.740. The zero-order valence-corrected chi connectivity index (χ0v) is 10.6. The molecule has 0 N–H and O–H groups in total. The molecule has 1 aliphatic rings. The summed E-state index contributed by atoms with van der Waals surface area (Å²) in [6.07, 6.45) is -0.253. The Bertz CT molecular complexity index is 530. The van der Waals surface area contributed by atoms with E-state index >= 15 is 0 Å². The maximum Gasteiger partial charge on any atom is 0.184 e. The first kappa shape index (κ1) is 11.7. The largest absolute Gasteiger partial charge is 0.346 e. The van der Waals surface area contributed by atoms with Gasteiger partial charge in [-0.2, -0.15) is 0 Å². The topological polar surface area (TPSA) is 18.5 Å². The van der Waals surface area contributed by atoms with Crippen LogP contribution in [0.1, 0.15) is 11.9 Å². The maximum absolute atomic E-state index is 5.92. The van der Waals surface area contributed by atoms with E-state index in [0.717, 1.165) is 21.7 Å². The van der Waals surface area contributed by atoms with Crippen molar-refractivity contribution < 1.29 is 9.47 Å². The van der Waals surface area contributed by atoms with Crippen molar-refractivity contribution >= 4 is 11.6 Å². The molecule has 1 aliphatic heterocycles. The number of halogens is 1. The predicted octanol–water partition coefficient (Wildman–Crippen LogP) is 4.05. The van der Waals surface area contributed by atoms with Crippen molar-refractivity contribution in [1.82, 2.24) is 0 Å². The molecule has 0 radical (unpaired) electrons. The van der Waals surface area contributed by atoms with E-state index in [1.165, 1.54) is 0 Å². The number of hydrogen-bond donors (Lipinski definition) is 0. The first-order valence-electron chi connectivity index (χ1n) is 5.93. The van der Waals surface area contributed by atoms with Crippen LogP contribution in [0, 0.1) is 0 Å². The summed E-state index contributed by atoms with van der Waals surface area (Å²) in [5.41, 5.74) is 3.31.